The predicted octanol–water partition coefficient (Wildman–Crippen LogP) is -2.52. The van der Waals surface area contributed by atoms with Crippen LogP contribution in [0.2, 0.25) is 0 Å². The Morgan fingerprint density at radius 2 is 1.20 bits per heavy atom. The van der Waals surface area contributed by atoms with Gasteiger partial charge in [-0.3, -0.25) is 0 Å². The SMILES string of the molecule is CC(O)CN.Cl.NCO.O=C=O.O=C=O. The summed E-state index contributed by atoms with van der Waals surface area (Å²) in [5.74, 6) is 0. The zero-order valence-electron chi connectivity index (χ0n) is 8.08. The molecule has 0 fully saturated rings. The number of carbonyl (C=O) groups excluding carboxylic acids is 4. The van der Waals surface area contributed by atoms with Crippen LogP contribution in [0.15, 0.2) is 0 Å². The monoisotopic (exact) mass is 246 g/mol. The molecule has 0 amide bonds. The Kier molecular flexibility index (Phi) is 102. The minimum absolute atomic E-state index is 0. The maximum Gasteiger partial charge on any atom is 0.373 e. The average molecular weight is 247 g/mol. The van der Waals surface area contributed by atoms with Gasteiger partial charge in [0.2, 0.25) is 0 Å². The van der Waals surface area contributed by atoms with Gasteiger partial charge in [-0.15, -0.1) is 12.4 Å². The Morgan fingerprint density at radius 1 is 1.13 bits per heavy atom. The summed E-state index contributed by atoms with van der Waals surface area (Å²) in [7, 11) is 0. The van der Waals surface area contributed by atoms with Gasteiger partial charge in [-0.05, 0) is 6.92 Å². The van der Waals surface area contributed by atoms with Gasteiger partial charge in [0.15, 0.2) is 0 Å². The lowest BCUT2D eigenvalue weighted by Gasteiger charge is -1.91. The quantitative estimate of drug-likeness (QED) is 0.368. The van der Waals surface area contributed by atoms with E-state index in [1.165, 1.54) is 0 Å². The first-order chi connectivity index (χ1) is 6.51. The Bertz CT molecular complexity index is 131. The van der Waals surface area contributed by atoms with Crippen molar-refractivity contribution < 1.29 is 29.4 Å². The second-order valence-corrected chi connectivity index (χ2v) is 1.43. The van der Waals surface area contributed by atoms with Crippen LogP contribution in [0.4, 0.5) is 0 Å². The minimum atomic E-state index is -0.338. The highest BCUT2D eigenvalue weighted by Gasteiger charge is 1.81. The van der Waals surface area contributed by atoms with E-state index in [1.54, 1.807) is 6.92 Å². The third kappa shape index (κ3) is 1930. The van der Waals surface area contributed by atoms with Gasteiger partial charge < -0.3 is 21.7 Å². The molecule has 0 heterocycles. The van der Waals surface area contributed by atoms with Crippen molar-refractivity contribution in [2.75, 3.05) is 13.3 Å². The van der Waals surface area contributed by atoms with E-state index in [4.69, 9.17) is 35.1 Å². The number of hydrogen-bond donors (Lipinski definition) is 4. The summed E-state index contributed by atoms with van der Waals surface area (Å²) in [6.45, 7) is 1.76. The zero-order chi connectivity index (χ0) is 12.4. The number of nitrogens with two attached hydrogens (primary N) is 2. The molecule has 0 spiro atoms. The molecular weight excluding hydrogens is 232 g/mol. The van der Waals surface area contributed by atoms with Crippen molar-refractivity contribution in [2.24, 2.45) is 11.5 Å². The van der Waals surface area contributed by atoms with Crippen LogP contribution in [0.1, 0.15) is 6.92 Å². The third-order valence-corrected chi connectivity index (χ3v) is 0.341. The Labute approximate surface area is 92.6 Å². The van der Waals surface area contributed by atoms with Crippen LogP contribution >= 0.6 is 12.4 Å². The number of halogens is 1. The molecular formula is C6H15ClN2O6. The molecule has 0 bridgehead atoms. The first-order valence-electron chi connectivity index (χ1n) is 3.19. The molecule has 0 radical (unpaired) electrons. The first kappa shape index (κ1) is 29.2. The van der Waals surface area contributed by atoms with E-state index in [0.29, 0.717) is 6.54 Å². The highest BCUT2D eigenvalue weighted by Crippen LogP contribution is 1.65. The molecule has 0 aromatic rings. The van der Waals surface area contributed by atoms with Crippen LogP contribution in [0, 0.1) is 0 Å². The fourth-order valence-electron chi connectivity index (χ4n) is 0. The molecule has 0 aliphatic rings. The van der Waals surface area contributed by atoms with Gasteiger partial charge >= 0.3 is 12.3 Å². The van der Waals surface area contributed by atoms with Crippen molar-refractivity contribution in [2.45, 2.75) is 13.0 Å². The maximum absolute atomic E-state index is 8.24. The number of hydrogen-bond acceptors (Lipinski definition) is 8. The number of rotatable bonds is 1. The molecule has 0 aliphatic heterocycles. The van der Waals surface area contributed by atoms with E-state index in [1.807, 2.05) is 0 Å². The molecule has 0 rings (SSSR count). The van der Waals surface area contributed by atoms with Crippen LogP contribution in [-0.2, 0) is 19.2 Å². The Morgan fingerprint density at radius 3 is 1.20 bits per heavy atom. The molecule has 0 aromatic heterocycles. The summed E-state index contributed by atoms with van der Waals surface area (Å²) >= 11 is 0. The van der Waals surface area contributed by atoms with Crippen LogP contribution < -0.4 is 11.5 Å². The molecule has 6 N–H and O–H groups in total. The van der Waals surface area contributed by atoms with Crippen molar-refractivity contribution in [3.8, 4) is 0 Å². The Balaban J connectivity index is -0.0000000300. The van der Waals surface area contributed by atoms with Gasteiger partial charge in [-0.1, -0.05) is 0 Å². The Hall–Kier alpha value is -1.11. The van der Waals surface area contributed by atoms with Crippen LogP contribution in [0.25, 0.3) is 0 Å². The van der Waals surface area contributed by atoms with Gasteiger partial charge in [0, 0.05) is 6.54 Å². The first-order valence-corrected chi connectivity index (χ1v) is 3.19. The zero-order valence-corrected chi connectivity index (χ0v) is 8.90. The van der Waals surface area contributed by atoms with Crippen LogP contribution in [0.5, 0.6) is 0 Å². The van der Waals surface area contributed by atoms with Gasteiger partial charge in [0.05, 0.1) is 12.8 Å². The van der Waals surface area contributed by atoms with E-state index in [-0.39, 0.29) is 37.5 Å². The van der Waals surface area contributed by atoms with E-state index >= 15 is 0 Å². The van der Waals surface area contributed by atoms with Gasteiger partial charge in [-0.25, -0.2) is 0 Å². The van der Waals surface area contributed by atoms with Crippen molar-refractivity contribution in [3.63, 3.8) is 0 Å². The lowest BCUT2D eigenvalue weighted by Crippen LogP contribution is -2.14. The van der Waals surface area contributed by atoms with E-state index < -0.39 is 0 Å². The summed E-state index contributed by atoms with van der Waals surface area (Å²) in [6, 6.07) is 0. The topological polar surface area (TPSA) is 161 Å². The van der Waals surface area contributed by atoms with Gasteiger partial charge in [0.1, 0.15) is 0 Å². The molecule has 15 heavy (non-hydrogen) atoms. The molecule has 1 atom stereocenters. The van der Waals surface area contributed by atoms with Crippen LogP contribution in [0.3, 0.4) is 0 Å². The summed E-state index contributed by atoms with van der Waals surface area (Å²) in [5, 5.41) is 15.6. The molecule has 0 aromatic carbocycles. The largest absolute Gasteiger partial charge is 0.392 e. The molecule has 0 saturated heterocycles. The van der Waals surface area contributed by atoms with E-state index in [0.717, 1.165) is 0 Å². The van der Waals surface area contributed by atoms with Gasteiger partial charge in [-0.2, -0.15) is 19.2 Å². The molecule has 92 valence electrons. The normalized spacial score (nSPS) is 7.27. The maximum atomic E-state index is 8.24. The fourth-order valence-corrected chi connectivity index (χ4v) is 0. The molecule has 9 heteroatoms. The number of aliphatic hydroxyl groups excluding tert-OH is 2. The molecule has 1 unspecified atom stereocenters. The van der Waals surface area contributed by atoms with E-state index in [9.17, 15) is 0 Å². The molecule has 0 aliphatic carbocycles. The second-order valence-electron chi connectivity index (χ2n) is 1.43. The summed E-state index contributed by atoms with van der Waals surface area (Å²) in [4.78, 5) is 32.5. The van der Waals surface area contributed by atoms with Crippen molar-refractivity contribution in [3.05, 3.63) is 0 Å². The highest BCUT2D eigenvalue weighted by molar-refractivity contribution is 5.85. The fraction of sp³-hybridized carbons (Fsp3) is 0.667. The number of aliphatic hydroxyl groups is 2. The van der Waals surface area contributed by atoms with E-state index in [2.05, 4.69) is 5.73 Å². The summed E-state index contributed by atoms with van der Waals surface area (Å²) in [6.07, 6.45) is 0.162. The summed E-state index contributed by atoms with van der Waals surface area (Å²) < 4.78 is 0. The minimum Gasteiger partial charge on any atom is -0.392 e. The summed E-state index contributed by atoms with van der Waals surface area (Å²) in [5.41, 5.74) is 9.32. The molecule has 8 nitrogen and oxygen atoms in total. The molecule has 0 saturated carbocycles. The lowest BCUT2D eigenvalue weighted by atomic mass is 10.4. The van der Waals surface area contributed by atoms with Crippen molar-refractivity contribution >= 4 is 24.7 Å². The second kappa shape index (κ2) is 52.5. The van der Waals surface area contributed by atoms with Crippen molar-refractivity contribution in [1.82, 2.24) is 0 Å². The van der Waals surface area contributed by atoms with Crippen LogP contribution in [-0.4, -0.2) is 41.9 Å². The smallest absolute Gasteiger partial charge is 0.373 e. The third-order valence-electron chi connectivity index (χ3n) is 0.341. The highest BCUT2D eigenvalue weighted by atomic mass is 35.5. The van der Waals surface area contributed by atoms with Gasteiger partial charge in [0.25, 0.3) is 0 Å². The predicted molar refractivity (Wildman–Crippen MR) is 49.3 cm³/mol. The van der Waals surface area contributed by atoms with Crippen molar-refractivity contribution in [1.29, 1.82) is 0 Å². The average Bonchev–Trinajstić information content (AvgIpc) is 2.08. The lowest BCUT2D eigenvalue weighted by molar-refractivity contribution is -0.193. The standard InChI is InChI=1S/C3H9NO.CH5NO.2CO2.ClH/c1-3(5)2-4;3*2-1-3;/h3,5H,2,4H2,1H3;3H,1-2H2;;;1H.